The van der Waals surface area contributed by atoms with E-state index in [9.17, 15) is 4.79 Å². The maximum Gasteiger partial charge on any atom is 0.221 e. The van der Waals surface area contributed by atoms with E-state index in [4.69, 9.17) is 5.73 Å². The summed E-state index contributed by atoms with van der Waals surface area (Å²) >= 11 is 0. The molecule has 1 rings (SSSR count). The standard InChI is InChI=1S/C12H21N3O/c1-9(2)12(13)10-4-6-15(8-10)7-5-11(16)14-3/h4,6,8-9,12H,5,7,13H2,1-3H3,(H,14,16). The Hall–Kier alpha value is -1.29. The molecule has 1 unspecified atom stereocenters. The summed E-state index contributed by atoms with van der Waals surface area (Å²) in [7, 11) is 1.65. The Balaban J connectivity index is 2.55. The molecule has 1 aromatic heterocycles. The molecule has 0 bridgehead atoms. The van der Waals surface area contributed by atoms with E-state index in [1.54, 1.807) is 7.05 Å². The zero-order chi connectivity index (χ0) is 12.1. The van der Waals surface area contributed by atoms with E-state index in [0.29, 0.717) is 18.9 Å². The summed E-state index contributed by atoms with van der Waals surface area (Å²) in [5.41, 5.74) is 7.17. The highest BCUT2D eigenvalue weighted by Crippen LogP contribution is 2.18. The zero-order valence-corrected chi connectivity index (χ0v) is 10.2. The number of carbonyl (C=O) groups excluding carboxylic acids is 1. The first-order chi connectivity index (χ1) is 7.54. The van der Waals surface area contributed by atoms with Crippen molar-refractivity contribution in [3.8, 4) is 0 Å². The largest absolute Gasteiger partial charge is 0.359 e. The molecule has 0 spiro atoms. The average molecular weight is 223 g/mol. The SMILES string of the molecule is CNC(=O)CCn1ccc(C(N)C(C)C)c1. The minimum Gasteiger partial charge on any atom is -0.359 e. The van der Waals surface area contributed by atoms with Gasteiger partial charge in [-0.05, 0) is 17.5 Å². The van der Waals surface area contributed by atoms with E-state index >= 15 is 0 Å². The van der Waals surface area contributed by atoms with Crippen molar-refractivity contribution in [3.63, 3.8) is 0 Å². The van der Waals surface area contributed by atoms with Crippen LogP contribution in [0.15, 0.2) is 18.5 Å². The second kappa shape index (κ2) is 5.70. The molecule has 0 aliphatic rings. The molecule has 0 fully saturated rings. The molecule has 90 valence electrons. The number of nitrogens with one attached hydrogen (secondary N) is 1. The first-order valence-electron chi connectivity index (χ1n) is 5.66. The number of hydrogen-bond donors (Lipinski definition) is 2. The van der Waals surface area contributed by atoms with Gasteiger partial charge in [-0.15, -0.1) is 0 Å². The second-order valence-corrected chi connectivity index (χ2v) is 4.38. The van der Waals surface area contributed by atoms with Gasteiger partial charge in [-0.25, -0.2) is 0 Å². The summed E-state index contributed by atoms with van der Waals surface area (Å²) in [6.07, 6.45) is 4.50. The highest BCUT2D eigenvalue weighted by Gasteiger charge is 2.11. The normalized spacial score (nSPS) is 12.8. The Kier molecular flexibility index (Phi) is 4.55. The number of nitrogens with zero attached hydrogens (tertiary/aromatic N) is 1. The molecule has 0 aliphatic heterocycles. The van der Waals surface area contributed by atoms with Crippen molar-refractivity contribution < 1.29 is 4.79 Å². The molecule has 3 N–H and O–H groups in total. The first kappa shape index (κ1) is 12.8. The van der Waals surface area contributed by atoms with E-state index < -0.39 is 0 Å². The maximum absolute atomic E-state index is 11.1. The van der Waals surface area contributed by atoms with Gasteiger partial charge in [0, 0.05) is 38.4 Å². The Bertz CT molecular complexity index is 344. The van der Waals surface area contributed by atoms with Gasteiger partial charge in [-0.2, -0.15) is 0 Å². The van der Waals surface area contributed by atoms with Crippen molar-refractivity contribution in [1.29, 1.82) is 0 Å². The molecule has 0 saturated carbocycles. The van der Waals surface area contributed by atoms with Gasteiger partial charge in [0.15, 0.2) is 0 Å². The van der Waals surface area contributed by atoms with Gasteiger partial charge in [0.2, 0.25) is 5.91 Å². The molecule has 4 heteroatoms. The van der Waals surface area contributed by atoms with E-state index in [0.717, 1.165) is 5.56 Å². The van der Waals surface area contributed by atoms with E-state index in [-0.39, 0.29) is 11.9 Å². The third kappa shape index (κ3) is 3.38. The number of hydrogen-bond acceptors (Lipinski definition) is 2. The van der Waals surface area contributed by atoms with Gasteiger partial charge in [0.05, 0.1) is 0 Å². The average Bonchev–Trinajstić information content (AvgIpc) is 2.73. The second-order valence-electron chi connectivity index (χ2n) is 4.38. The molecule has 0 saturated heterocycles. The third-order valence-corrected chi connectivity index (χ3v) is 2.75. The predicted octanol–water partition coefficient (Wildman–Crippen LogP) is 1.28. The van der Waals surface area contributed by atoms with Crippen molar-refractivity contribution in [3.05, 3.63) is 24.0 Å². The lowest BCUT2D eigenvalue weighted by atomic mass is 10.00. The van der Waals surface area contributed by atoms with Crippen molar-refractivity contribution >= 4 is 5.91 Å². The minimum absolute atomic E-state index is 0.0587. The fourth-order valence-electron chi connectivity index (χ4n) is 1.54. The Morgan fingerprint density at radius 2 is 2.25 bits per heavy atom. The first-order valence-corrected chi connectivity index (χ1v) is 5.66. The van der Waals surface area contributed by atoms with Gasteiger partial charge in [-0.3, -0.25) is 4.79 Å². The molecular weight excluding hydrogens is 202 g/mol. The van der Waals surface area contributed by atoms with Gasteiger partial charge < -0.3 is 15.6 Å². The number of carbonyl (C=O) groups is 1. The van der Waals surface area contributed by atoms with Gasteiger partial charge in [0.1, 0.15) is 0 Å². The molecule has 0 aliphatic carbocycles. The van der Waals surface area contributed by atoms with Crippen LogP contribution in [0, 0.1) is 5.92 Å². The zero-order valence-electron chi connectivity index (χ0n) is 10.2. The van der Waals surface area contributed by atoms with Gasteiger partial charge >= 0.3 is 0 Å². The number of nitrogens with two attached hydrogens (primary N) is 1. The number of rotatable bonds is 5. The summed E-state index contributed by atoms with van der Waals surface area (Å²) < 4.78 is 2.01. The van der Waals surface area contributed by atoms with Crippen molar-refractivity contribution in [2.75, 3.05) is 7.05 Å². The van der Waals surface area contributed by atoms with Crippen molar-refractivity contribution in [1.82, 2.24) is 9.88 Å². The fourth-order valence-corrected chi connectivity index (χ4v) is 1.54. The van der Waals surface area contributed by atoms with Crippen LogP contribution >= 0.6 is 0 Å². The Morgan fingerprint density at radius 1 is 1.56 bits per heavy atom. The summed E-state index contributed by atoms with van der Waals surface area (Å²) in [6, 6.07) is 2.09. The minimum atomic E-state index is 0.0587. The number of aryl methyl sites for hydroxylation is 1. The summed E-state index contributed by atoms with van der Waals surface area (Å²) in [5.74, 6) is 0.484. The lowest BCUT2D eigenvalue weighted by molar-refractivity contribution is -0.120. The Morgan fingerprint density at radius 3 is 2.81 bits per heavy atom. The smallest absolute Gasteiger partial charge is 0.221 e. The van der Waals surface area contributed by atoms with Crippen LogP contribution in [0.1, 0.15) is 31.9 Å². The lowest BCUT2D eigenvalue weighted by Gasteiger charge is -2.13. The lowest BCUT2D eigenvalue weighted by Crippen LogP contribution is -2.19. The highest BCUT2D eigenvalue weighted by molar-refractivity contribution is 5.75. The molecular formula is C12H21N3O. The predicted molar refractivity (Wildman–Crippen MR) is 64.9 cm³/mol. The van der Waals surface area contributed by atoms with Crippen LogP contribution in [-0.2, 0) is 11.3 Å². The topological polar surface area (TPSA) is 60.0 Å². The van der Waals surface area contributed by atoms with E-state index in [2.05, 4.69) is 19.2 Å². The maximum atomic E-state index is 11.1. The number of aromatic nitrogens is 1. The van der Waals surface area contributed by atoms with Crippen LogP contribution in [0.4, 0.5) is 0 Å². The van der Waals surface area contributed by atoms with Gasteiger partial charge in [0.25, 0.3) is 0 Å². The summed E-state index contributed by atoms with van der Waals surface area (Å²) in [4.78, 5) is 11.1. The van der Waals surface area contributed by atoms with E-state index in [1.165, 1.54) is 0 Å². The molecule has 0 radical (unpaired) electrons. The van der Waals surface area contributed by atoms with Crippen LogP contribution in [0.2, 0.25) is 0 Å². The molecule has 4 nitrogen and oxygen atoms in total. The number of amides is 1. The monoisotopic (exact) mass is 223 g/mol. The fraction of sp³-hybridized carbons (Fsp3) is 0.583. The molecule has 0 aromatic carbocycles. The van der Waals surface area contributed by atoms with Crippen LogP contribution in [0.3, 0.4) is 0 Å². The van der Waals surface area contributed by atoms with Crippen LogP contribution < -0.4 is 11.1 Å². The van der Waals surface area contributed by atoms with Gasteiger partial charge in [-0.1, -0.05) is 13.8 Å². The third-order valence-electron chi connectivity index (χ3n) is 2.75. The highest BCUT2D eigenvalue weighted by atomic mass is 16.1. The summed E-state index contributed by atoms with van der Waals surface area (Å²) in [6.45, 7) is 4.91. The Labute approximate surface area is 96.8 Å². The van der Waals surface area contributed by atoms with Crippen LogP contribution in [0.25, 0.3) is 0 Å². The van der Waals surface area contributed by atoms with Crippen molar-refractivity contribution in [2.24, 2.45) is 11.7 Å². The molecule has 1 amide bonds. The summed E-state index contributed by atoms with van der Waals surface area (Å²) in [5, 5.41) is 2.61. The molecule has 1 heterocycles. The van der Waals surface area contributed by atoms with Crippen LogP contribution in [0.5, 0.6) is 0 Å². The van der Waals surface area contributed by atoms with Crippen molar-refractivity contribution in [2.45, 2.75) is 32.9 Å². The molecule has 16 heavy (non-hydrogen) atoms. The molecule has 1 aromatic rings. The quantitative estimate of drug-likeness (QED) is 0.790. The van der Waals surface area contributed by atoms with Crippen LogP contribution in [-0.4, -0.2) is 17.5 Å². The van der Waals surface area contributed by atoms with E-state index in [1.807, 2.05) is 23.0 Å². The molecule has 1 atom stereocenters.